The first kappa shape index (κ1) is 13.8. The largest absolute Gasteiger partial charge is 0.477 e. The van der Waals surface area contributed by atoms with Crippen LogP contribution in [0.2, 0.25) is 5.02 Å². The van der Waals surface area contributed by atoms with Crippen LogP contribution in [0.1, 0.15) is 10.4 Å². The Morgan fingerprint density at radius 3 is 2.79 bits per heavy atom. The van der Waals surface area contributed by atoms with Crippen molar-refractivity contribution >= 4 is 33.5 Å². The van der Waals surface area contributed by atoms with E-state index < -0.39 is 11.8 Å². The number of hydrogen-bond donors (Lipinski definition) is 1. The summed E-state index contributed by atoms with van der Waals surface area (Å²) in [7, 11) is 0. The van der Waals surface area contributed by atoms with E-state index in [1.54, 1.807) is 0 Å². The monoisotopic (exact) mass is 345 g/mol. The van der Waals surface area contributed by atoms with Gasteiger partial charge in [0.05, 0.1) is 5.02 Å². The number of aromatic carboxylic acids is 1. The van der Waals surface area contributed by atoms with E-state index in [1.807, 2.05) is 0 Å². The van der Waals surface area contributed by atoms with Crippen molar-refractivity contribution in [2.75, 3.05) is 0 Å². The molecule has 2 aromatic rings. The standard InChI is InChI=1S/C12H6BrClFNO3/c13-6-3-8(12(17)18)11(16-5-6)19-7-1-2-10(15)9(14)4-7/h1-5H,(H,17,18). The number of pyridine rings is 1. The zero-order valence-corrected chi connectivity index (χ0v) is 11.6. The summed E-state index contributed by atoms with van der Waals surface area (Å²) in [6.07, 6.45) is 1.40. The number of benzene rings is 1. The van der Waals surface area contributed by atoms with Crippen LogP contribution >= 0.6 is 27.5 Å². The Bertz CT molecular complexity index is 651. The average molecular weight is 347 g/mol. The molecular formula is C12H6BrClFNO3. The summed E-state index contributed by atoms with van der Waals surface area (Å²) in [6.45, 7) is 0. The van der Waals surface area contributed by atoms with E-state index in [0.29, 0.717) is 4.47 Å². The predicted octanol–water partition coefficient (Wildman–Crippen LogP) is 4.13. The second kappa shape index (κ2) is 5.54. The molecule has 0 aliphatic rings. The molecule has 0 aliphatic heterocycles. The maximum atomic E-state index is 13.0. The molecule has 0 bridgehead atoms. The van der Waals surface area contributed by atoms with Crippen molar-refractivity contribution in [1.82, 2.24) is 4.98 Å². The summed E-state index contributed by atoms with van der Waals surface area (Å²) in [5.74, 6) is -1.67. The van der Waals surface area contributed by atoms with Gasteiger partial charge in [-0.1, -0.05) is 11.6 Å². The lowest BCUT2D eigenvalue weighted by atomic mass is 10.3. The molecule has 4 nitrogen and oxygen atoms in total. The van der Waals surface area contributed by atoms with Gasteiger partial charge in [-0.3, -0.25) is 0 Å². The minimum atomic E-state index is -1.18. The number of aromatic nitrogens is 1. The van der Waals surface area contributed by atoms with Crippen LogP contribution in [0.5, 0.6) is 11.6 Å². The molecule has 1 N–H and O–H groups in total. The molecule has 19 heavy (non-hydrogen) atoms. The van der Waals surface area contributed by atoms with Crippen LogP contribution in [-0.4, -0.2) is 16.1 Å². The first-order valence-corrected chi connectivity index (χ1v) is 6.16. The number of nitrogens with zero attached hydrogens (tertiary/aromatic N) is 1. The smallest absolute Gasteiger partial charge is 0.341 e. The molecule has 0 spiro atoms. The SMILES string of the molecule is O=C(O)c1cc(Br)cnc1Oc1ccc(F)c(Cl)c1. The maximum Gasteiger partial charge on any atom is 0.341 e. The van der Waals surface area contributed by atoms with Crippen LogP contribution in [0.15, 0.2) is 34.9 Å². The highest BCUT2D eigenvalue weighted by atomic mass is 79.9. The molecule has 0 radical (unpaired) electrons. The number of halogens is 3. The third-order valence-corrected chi connectivity index (χ3v) is 2.88. The minimum absolute atomic E-state index is 0.0987. The highest BCUT2D eigenvalue weighted by Crippen LogP contribution is 2.28. The fourth-order valence-corrected chi connectivity index (χ4v) is 1.82. The van der Waals surface area contributed by atoms with Crippen molar-refractivity contribution in [2.24, 2.45) is 0 Å². The van der Waals surface area contributed by atoms with Gasteiger partial charge in [0.1, 0.15) is 17.1 Å². The molecular weight excluding hydrogens is 340 g/mol. The van der Waals surface area contributed by atoms with Crippen molar-refractivity contribution in [3.8, 4) is 11.6 Å². The zero-order valence-electron chi connectivity index (χ0n) is 9.23. The quantitative estimate of drug-likeness (QED) is 0.908. The Balaban J connectivity index is 2.37. The van der Waals surface area contributed by atoms with E-state index in [-0.39, 0.29) is 22.2 Å². The Kier molecular flexibility index (Phi) is 4.01. The molecule has 0 aliphatic carbocycles. The average Bonchev–Trinajstić information content (AvgIpc) is 2.36. The maximum absolute atomic E-state index is 13.0. The Hall–Kier alpha value is -1.66. The topological polar surface area (TPSA) is 59.4 Å². The molecule has 2 rings (SSSR count). The Morgan fingerprint density at radius 2 is 2.16 bits per heavy atom. The molecule has 1 aromatic heterocycles. The van der Waals surface area contributed by atoms with Crippen molar-refractivity contribution in [3.63, 3.8) is 0 Å². The van der Waals surface area contributed by atoms with Gasteiger partial charge < -0.3 is 9.84 Å². The second-order valence-corrected chi connectivity index (χ2v) is 4.81. The molecule has 0 unspecified atom stereocenters. The highest BCUT2D eigenvalue weighted by molar-refractivity contribution is 9.10. The number of carboxylic acids is 1. The van der Waals surface area contributed by atoms with Crippen LogP contribution in [0.25, 0.3) is 0 Å². The van der Waals surface area contributed by atoms with Crippen LogP contribution < -0.4 is 4.74 Å². The fraction of sp³-hybridized carbons (Fsp3) is 0. The summed E-state index contributed by atoms with van der Waals surface area (Å²) in [6, 6.07) is 5.05. The first-order valence-electron chi connectivity index (χ1n) is 4.99. The molecule has 1 heterocycles. The second-order valence-electron chi connectivity index (χ2n) is 3.49. The van der Waals surface area contributed by atoms with E-state index in [9.17, 15) is 9.18 Å². The molecule has 7 heteroatoms. The Labute approximate surface area is 120 Å². The minimum Gasteiger partial charge on any atom is -0.477 e. The van der Waals surface area contributed by atoms with Crippen LogP contribution in [0.4, 0.5) is 4.39 Å². The summed E-state index contributed by atoms with van der Waals surface area (Å²) in [5.41, 5.74) is -0.116. The highest BCUT2D eigenvalue weighted by Gasteiger charge is 2.15. The zero-order chi connectivity index (χ0) is 14.0. The first-order chi connectivity index (χ1) is 8.97. The van der Waals surface area contributed by atoms with E-state index in [0.717, 1.165) is 6.07 Å². The lowest BCUT2D eigenvalue weighted by molar-refractivity contribution is 0.0693. The third kappa shape index (κ3) is 3.21. The van der Waals surface area contributed by atoms with Crippen molar-refractivity contribution < 1.29 is 19.0 Å². The van der Waals surface area contributed by atoms with Gasteiger partial charge in [-0.2, -0.15) is 0 Å². The third-order valence-electron chi connectivity index (χ3n) is 2.15. The van der Waals surface area contributed by atoms with Crippen molar-refractivity contribution in [3.05, 3.63) is 51.3 Å². The van der Waals surface area contributed by atoms with Gasteiger partial charge in [-0.05, 0) is 34.1 Å². The number of rotatable bonds is 3. The van der Waals surface area contributed by atoms with Gasteiger partial charge in [-0.25, -0.2) is 14.2 Å². The number of ether oxygens (including phenoxy) is 1. The lowest BCUT2D eigenvalue weighted by Gasteiger charge is -2.08. The van der Waals surface area contributed by atoms with Crippen molar-refractivity contribution in [1.29, 1.82) is 0 Å². The van der Waals surface area contributed by atoms with Gasteiger partial charge in [0.25, 0.3) is 0 Å². The number of carbonyl (C=O) groups is 1. The number of carboxylic acid groups (broad SMARTS) is 1. The normalized spacial score (nSPS) is 10.3. The number of hydrogen-bond acceptors (Lipinski definition) is 3. The van der Waals surface area contributed by atoms with Gasteiger partial charge in [0.2, 0.25) is 5.88 Å². The molecule has 0 atom stereocenters. The predicted molar refractivity (Wildman–Crippen MR) is 70.4 cm³/mol. The van der Waals surface area contributed by atoms with Gasteiger partial charge in [0.15, 0.2) is 0 Å². The summed E-state index contributed by atoms with van der Waals surface area (Å²) in [4.78, 5) is 14.9. The van der Waals surface area contributed by atoms with Crippen LogP contribution in [-0.2, 0) is 0 Å². The van der Waals surface area contributed by atoms with Gasteiger partial charge in [0, 0.05) is 16.7 Å². The molecule has 0 saturated heterocycles. The molecule has 1 aromatic carbocycles. The van der Waals surface area contributed by atoms with E-state index in [2.05, 4.69) is 20.9 Å². The van der Waals surface area contributed by atoms with Crippen LogP contribution in [0, 0.1) is 5.82 Å². The van der Waals surface area contributed by atoms with Gasteiger partial charge in [-0.15, -0.1) is 0 Å². The van der Waals surface area contributed by atoms with Crippen LogP contribution in [0.3, 0.4) is 0 Å². The molecule has 98 valence electrons. The summed E-state index contributed by atoms with van der Waals surface area (Å²) < 4.78 is 18.8. The molecule has 0 saturated carbocycles. The van der Waals surface area contributed by atoms with Crippen molar-refractivity contribution in [2.45, 2.75) is 0 Å². The summed E-state index contributed by atoms with van der Waals surface area (Å²) in [5, 5.41) is 8.92. The van der Waals surface area contributed by atoms with Gasteiger partial charge >= 0.3 is 5.97 Å². The molecule has 0 amide bonds. The van der Waals surface area contributed by atoms with E-state index >= 15 is 0 Å². The van der Waals surface area contributed by atoms with E-state index in [4.69, 9.17) is 21.4 Å². The molecule has 0 fully saturated rings. The van der Waals surface area contributed by atoms with E-state index in [1.165, 1.54) is 24.4 Å². The fourth-order valence-electron chi connectivity index (χ4n) is 1.31. The lowest BCUT2D eigenvalue weighted by Crippen LogP contribution is -2.02. The Morgan fingerprint density at radius 1 is 1.42 bits per heavy atom. The summed E-state index contributed by atoms with van der Waals surface area (Å²) >= 11 is 8.73.